The van der Waals surface area contributed by atoms with Crippen LogP contribution >= 0.6 is 11.6 Å². The minimum absolute atomic E-state index is 0.0638. The quantitative estimate of drug-likeness (QED) is 0.499. The van der Waals surface area contributed by atoms with Crippen molar-refractivity contribution < 1.29 is 9.18 Å². The maximum Gasteiger partial charge on any atom is 0.255 e. The van der Waals surface area contributed by atoms with Crippen LogP contribution in [0.2, 0.25) is 5.02 Å². The van der Waals surface area contributed by atoms with E-state index in [1.807, 2.05) is 36.1 Å². The molecule has 4 rings (SSSR count). The molecule has 1 fully saturated rings. The van der Waals surface area contributed by atoms with Gasteiger partial charge in [-0.2, -0.15) is 0 Å². The summed E-state index contributed by atoms with van der Waals surface area (Å²) in [7, 11) is 0. The molecule has 0 aliphatic carbocycles. The second-order valence-corrected chi connectivity index (χ2v) is 10.1. The molecular formula is C27H30ClFN4O. The van der Waals surface area contributed by atoms with Crippen LogP contribution in [0.1, 0.15) is 53.8 Å². The molecule has 178 valence electrons. The Bertz CT molecular complexity index is 1200. The third kappa shape index (κ3) is 5.07. The van der Waals surface area contributed by atoms with Crippen LogP contribution in [0.5, 0.6) is 0 Å². The molecule has 1 aliphatic heterocycles. The number of anilines is 1. The summed E-state index contributed by atoms with van der Waals surface area (Å²) in [6, 6.07) is 14.0. The monoisotopic (exact) mass is 480 g/mol. The molecule has 1 saturated heterocycles. The van der Waals surface area contributed by atoms with E-state index in [2.05, 4.69) is 25.7 Å². The molecule has 7 heteroatoms. The van der Waals surface area contributed by atoms with Crippen molar-refractivity contribution in [2.45, 2.75) is 39.5 Å². The molecule has 1 aliphatic rings. The number of benzene rings is 2. The van der Waals surface area contributed by atoms with Gasteiger partial charge >= 0.3 is 0 Å². The van der Waals surface area contributed by atoms with Gasteiger partial charge < -0.3 is 9.80 Å². The predicted octanol–water partition coefficient (Wildman–Crippen LogP) is 5.43. The van der Waals surface area contributed by atoms with Gasteiger partial charge in [0.2, 0.25) is 0 Å². The third-order valence-electron chi connectivity index (χ3n) is 6.10. The molecule has 3 aromatic rings. The van der Waals surface area contributed by atoms with Crippen molar-refractivity contribution >= 4 is 23.3 Å². The molecule has 0 bridgehead atoms. The average molecular weight is 481 g/mol. The van der Waals surface area contributed by atoms with E-state index in [1.54, 1.807) is 18.2 Å². The molecule has 2 aromatic carbocycles. The highest BCUT2D eigenvalue weighted by atomic mass is 35.5. The Kier molecular flexibility index (Phi) is 6.89. The number of nitrogens with zero attached hydrogens (tertiary/aromatic N) is 4. The van der Waals surface area contributed by atoms with Gasteiger partial charge in [0.05, 0.1) is 16.3 Å². The smallest absolute Gasteiger partial charge is 0.255 e. The highest BCUT2D eigenvalue weighted by molar-refractivity contribution is 6.33. The zero-order chi connectivity index (χ0) is 24.5. The first-order chi connectivity index (χ1) is 16.1. The van der Waals surface area contributed by atoms with E-state index in [-0.39, 0.29) is 17.1 Å². The van der Waals surface area contributed by atoms with E-state index in [4.69, 9.17) is 21.6 Å². The Morgan fingerprint density at radius 3 is 2.29 bits per heavy atom. The van der Waals surface area contributed by atoms with E-state index in [1.165, 1.54) is 6.07 Å². The number of aromatic nitrogens is 2. The number of carbonyl (C=O) groups is 1. The highest BCUT2D eigenvalue weighted by Crippen LogP contribution is 2.33. The largest absolute Gasteiger partial charge is 0.353 e. The lowest BCUT2D eigenvalue weighted by atomic mass is 9.86. The van der Waals surface area contributed by atoms with Crippen molar-refractivity contribution in [3.8, 4) is 0 Å². The summed E-state index contributed by atoms with van der Waals surface area (Å²) >= 11 is 6.25. The van der Waals surface area contributed by atoms with E-state index in [9.17, 15) is 9.18 Å². The third-order valence-corrected chi connectivity index (χ3v) is 6.43. The molecule has 2 heterocycles. The molecule has 0 spiro atoms. The molecule has 1 aromatic heterocycles. The lowest BCUT2D eigenvalue weighted by molar-refractivity contribution is 0.0746. The Hall–Kier alpha value is -2.99. The summed E-state index contributed by atoms with van der Waals surface area (Å²) < 4.78 is 14.6. The van der Waals surface area contributed by atoms with E-state index in [0.29, 0.717) is 54.6 Å². The van der Waals surface area contributed by atoms with Gasteiger partial charge in [0.25, 0.3) is 5.91 Å². The number of halogens is 2. The van der Waals surface area contributed by atoms with Crippen LogP contribution in [0, 0.1) is 12.7 Å². The van der Waals surface area contributed by atoms with Gasteiger partial charge in [-0.15, -0.1) is 0 Å². The van der Waals surface area contributed by atoms with Crippen LogP contribution in [0.4, 0.5) is 10.2 Å². The summed E-state index contributed by atoms with van der Waals surface area (Å²) in [5, 5.41) is 0.461. The lowest BCUT2D eigenvalue weighted by Crippen LogP contribution is -2.49. The molecule has 0 radical (unpaired) electrons. The standard InChI is InChI=1S/C27H30ClFN4O/c1-18-30-24(27(2,3)4)21(17-19-9-5-8-12-23(19)29)25(31-18)32-13-15-33(16-14-32)26(34)20-10-6-7-11-22(20)28/h5-12H,13-17H2,1-4H3. The number of hydrogen-bond acceptors (Lipinski definition) is 4. The summed E-state index contributed by atoms with van der Waals surface area (Å²) in [4.78, 5) is 26.6. The van der Waals surface area contributed by atoms with Gasteiger partial charge in [-0.25, -0.2) is 14.4 Å². The number of amides is 1. The normalized spacial score (nSPS) is 14.4. The first kappa shape index (κ1) is 24.1. The molecule has 34 heavy (non-hydrogen) atoms. The molecule has 0 unspecified atom stereocenters. The van der Waals surface area contributed by atoms with E-state index < -0.39 is 0 Å². The minimum Gasteiger partial charge on any atom is -0.353 e. The molecule has 0 saturated carbocycles. The fraction of sp³-hybridized carbons (Fsp3) is 0.370. The van der Waals surface area contributed by atoms with Gasteiger partial charge in [-0.3, -0.25) is 4.79 Å². The van der Waals surface area contributed by atoms with Crippen molar-refractivity contribution in [2.24, 2.45) is 0 Å². The predicted molar refractivity (Wildman–Crippen MR) is 134 cm³/mol. The molecule has 0 atom stereocenters. The zero-order valence-corrected chi connectivity index (χ0v) is 20.9. The average Bonchev–Trinajstić information content (AvgIpc) is 2.80. The topological polar surface area (TPSA) is 49.3 Å². The van der Waals surface area contributed by atoms with Crippen LogP contribution in [-0.4, -0.2) is 47.0 Å². The Morgan fingerprint density at radius 2 is 1.65 bits per heavy atom. The Balaban J connectivity index is 1.64. The first-order valence-corrected chi connectivity index (χ1v) is 11.9. The van der Waals surface area contributed by atoms with Gasteiger partial charge in [0.15, 0.2) is 0 Å². The maximum atomic E-state index is 14.6. The Labute approximate surface area is 205 Å². The fourth-order valence-electron chi connectivity index (χ4n) is 4.38. The molecular weight excluding hydrogens is 451 g/mol. The number of carbonyl (C=O) groups excluding carboxylic acids is 1. The summed E-state index contributed by atoms with van der Waals surface area (Å²) in [6.45, 7) is 10.6. The molecule has 5 nitrogen and oxygen atoms in total. The minimum atomic E-state index is -0.232. The molecule has 0 N–H and O–H groups in total. The van der Waals surface area contributed by atoms with Crippen LogP contribution < -0.4 is 4.90 Å². The van der Waals surface area contributed by atoms with Gasteiger partial charge in [-0.05, 0) is 30.7 Å². The highest BCUT2D eigenvalue weighted by Gasteiger charge is 2.30. The van der Waals surface area contributed by atoms with Crippen molar-refractivity contribution in [3.63, 3.8) is 0 Å². The second-order valence-electron chi connectivity index (χ2n) is 9.70. The maximum absolute atomic E-state index is 14.6. The number of hydrogen-bond donors (Lipinski definition) is 0. The van der Waals surface area contributed by atoms with E-state index >= 15 is 0 Å². The van der Waals surface area contributed by atoms with E-state index in [0.717, 1.165) is 17.1 Å². The Morgan fingerprint density at radius 1 is 1.00 bits per heavy atom. The van der Waals surface area contributed by atoms with Gasteiger partial charge in [0.1, 0.15) is 17.5 Å². The number of piperazine rings is 1. The van der Waals surface area contributed by atoms with Crippen molar-refractivity contribution in [1.29, 1.82) is 0 Å². The van der Waals surface area contributed by atoms with Crippen molar-refractivity contribution in [1.82, 2.24) is 14.9 Å². The van der Waals surface area contributed by atoms with Gasteiger partial charge in [-0.1, -0.05) is 62.7 Å². The first-order valence-electron chi connectivity index (χ1n) is 11.6. The number of aryl methyl sites for hydroxylation is 1. The van der Waals surface area contributed by atoms with Crippen LogP contribution in [-0.2, 0) is 11.8 Å². The summed E-state index contributed by atoms with van der Waals surface area (Å²) in [5.41, 5.74) is 2.77. The van der Waals surface area contributed by atoms with Crippen LogP contribution in [0.15, 0.2) is 48.5 Å². The summed E-state index contributed by atoms with van der Waals surface area (Å²) in [5.74, 6) is 1.22. The SMILES string of the molecule is Cc1nc(N2CCN(C(=O)c3ccccc3Cl)CC2)c(Cc2ccccc2F)c(C(C)(C)C)n1. The lowest BCUT2D eigenvalue weighted by Gasteiger charge is -2.37. The van der Waals surface area contributed by atoms with Crippen LogP contribution in [0.25, 0.3) is 0 Å². The van der Waals surface area contributed by atoms with Crippen LogP contribution in [0.3, 0.4) is 0 Å². The number of rotatable bonds is 4. The fourth-order valence-corrected chi connectivity index (χ4v) is 4.60. The van der Waals surface area contributed by atoms with Crippen molar-refractivity contribution in [2.75, 3.05) is 31.1 Å². The van der Waals surface area contributed by atoms with Crippen molar-refractivity contribution in [3.05, 3.63) is 87.6 Å². The second kappa shape index (κ2) is 9.71. The zero-order valence-electron chi connectivity index (χ0n) is 20.1. The summed E-state index contributed by atoms with van der Waals surface area (Å²) in [6.07, 6.45) is 0.410. The van der Waals surface area contributed by atoms with Gasteiger partial charge in [0, 0.05) is 43.6 Å². The molecule has 1 amide bonds.